The van der Waals surface area contributed by atoms with Gasteiger partial charge in [0.2, 0.25) is 5.91 Å². The Kier molecular flexibility index (Phi) is 13.1. The molecule has 1 aliphatic rings. The van der Waals surface area contributed by atoms with E-state index in [4.69, 9.17) is 10.5 Å². The monoisotopic (exact) mass is 532 g/mol. The van der Waals surface area contributed by atoms with Crippen molar-refractivity contribution in [1.82, 2.24) is 5.32 Å². The first-order valence-electron chi connectivity index (χ1n) is 12.2. The van der Waals surface area contributed by atoms with Gasteiger partial charge in [0.1, 0.15) is 12.4 Å². The number of hydrogen-bond donors (Lipinski definition) is 2. The van der Waals surface area contributed by atoms with Crippen LogP contribution in [0.4, 0.5) is 4.79 Å². The largest absolute Gasteiger partial charge is 0.449 e. The zero-order valence-corrected chi connectivity index (χ0v) is 23.4. The van der Waals surface area contributed by atoms with E-state index in [2.05, 4.69) is 29.6 Å². The maximum Gasteiger partial charge on any atom is 0.407 e. The topological polar surface area (TPSA) is 98.5 Å². The highest BCUT2D eigenvalue weighted by molar-refractivity contribution is 7.59. The summed E-state index contributed by atoms with van der Waals surface area (Å²) in [6.45, 7) is 6.60. The molecule has 36 heavy (non-hydrogen) atoms. The molecule has 0 spiro atoms. The van der Waals surface area contributed by atoms with Crippen LogP contribution in [0.5, 0.6) is 0 Å². The first-order chi connectivity index (χ1) is 16.3. The minimum Gasteiger partial charge on any atom is -0.449 e. The molecular weight excluding hydrogens is 492 g/mol. The van der Waals surface area contributed by atoms with Crippen molar-refractivity contribution in [1.29, 1.82) is 0 Å². The summed E-state index contributed by atoms with van der Waals surface area (Å²) in [4.78, 5) is 36.4. The second-order valence-electron chi connectivity index (χ2n) is 9.69. The fourth-order valence-electron chi connectivity index (χ4n) is 4.72. The first kappa shape index (κ1) is 31.6. The van der Waals surface area contributed by atoms with Crippen LogP contribution in [-0.4, -0.2) is 30.9 Å². The summed E-state index contributed by atoms with van der Waals surface area (Å²) < 4.78 is 5.54. The van der Waals surface area contributed by atoms with Crippen LogP contribution in [0.3, 0.4) is 0 Å². The van der Waals surface area contributed by atoms with Gasteiger partial charge in [0, 0.05) is 30.7 Å². The van der Waals surface area contributed by atoms with Crippen molar-refractivity contribution < 1.29 is 19.1 Å². The number of fused-ring (bicyclic) bond motifs is 3. The molecule has 0 radical (unpaired) electrons. The molecule has 1 aliphatic carbocycles. The number of benzene rings is 2. The van der Waals surface area contributed by atoms with Gasteiger partial charge in [0.25, 0.3) is 0 Å². The van der Waals surface area contributed by atoms with Crippen LogP contribution in [-0.2, 0) is 14.3 Å². The minimum atomic E-state index is -0.452. The van der Waals surface area contributed by atoms with Crippen LogP contribution in [0, 0.1) is 17.8 Å². The zero-order valence-electron chi connectivity index (χ0n) is 21.4. The number of carbonyl (C=O) groups is 3. The van der Waals surface area contributed by atoms with Crippen LogP contribution in [0.1, 0.15) is 63.5 Å². The predicted molar refractivity (Wildman–Crippen MR) is 154 cm³/mol. The summed E-state index contributed by atoms with van der Waals surface area (Å²) in [5, 5.41) is 2.79. The number of Topliss-reactive ketones (excluding diaryl/α,β-unsaturated/α-hetero) is 1. The molecule has 0 saturated heterocycles. The van der Waals surface area contributed by atoms with Crippen LogP contribution >= 0.6 is 27.0 Å². The summed E-state index contributed by atoms with van der Waals surface area (Å²) in [5.74, 6) is -0.620. The molecule has 2 aromatic carbocycles. The van der Waals surface area contributed by atoms with E-state index in [0.717, 1.165) is 0 Å². The van der Waals surface area contributed by atoms with E-state index in [1.54, 1.807) is 0 Å². The Morgan fingerprint density at radius 3 is 2.03 bits per heavy atom. The van der Waals surface area contributed by atoms with Crippen molar-refractivity contribution in [2.75, 3.05) is 13.2 Å². The Labute approximate surface area is 228 Å². The van der Waals surface area contributed by atoms with Crippen molar-refractivity contribution in [2.24, 2.45) is 23.5 Å². The Balaban J connectivity index is 0.00000324. The Morgan fingerprint density at radius 2 is 1.50 bits per heavy atom. The molecule has 2 atom stereocenters. The van der Waals surface area contributed by atoms with E-state index < -0.39 is 17.9 Å². The fourth-order valence-corrected chi connectivity index (χ4v) is 4.72. The summed E-state index contributed by atoms with van der Waals surface area (Å²) in [5.41, 5.74) is 10.2. The van der Waals surface area contributed by atoms with Crippen molar-refractivity contribution in [3.05, 3.63) is 59.7 Å². The second kappa shape index (κ2) is 15.0. The summed E-state index contributed by atoms with van der Waals surface area (Å²) in [6.07, 6.45) is 1.65. The molecule has 0 fully saturated rings. The Morgan fingerprint density at radius 1 is 0.944 bits per heavy atom. The molecular formula is C28H40N2O4S2. The van der Waals surface area contributed by atoms with Crippen LogP contribution < -0.4 is 11.1 Å². The highest BCUT2D eigenvalue weighted by atomic mass is 32.1. The number of amides is 2. The standard InChI is InChI=1S/C28H36N2O4.2H2S/c1-18(2)15-20(27(29)32)16-26(31)19(3)9-8-14-30-28(33)34-17-25-23-12-6-4-10-21(23)22-11-5-7-13-24(22)25;;/h4-7,10-13,18-20,25H,8-9,14-17H2,1-3H3,(H2,29,32)(H,30,33);2*1H2/t19-,20+;;/m0../s1. The molecule has 8 heteroatoms. The zero-order chi connectivity index (χ0) is 24.7. The normalized spacial score (nSPS) is 13.4. The average molecular weight is 533 g/mol. The van der Waals surface area contributed by atoms with Crippen LogP contribution in [0.25, 0.3) is 11.1 Å². The number of primary amides is 1. The smallest absolute Gasteiger partial charge is 0.407 e. The Bertz CT molecular complexity index is 983. The van der Waals surface area contributed by atoms with E-state index in [1.165, 1.54) is 22.3 Å². The number of hydrogen-bond acceptors (Lipinski definition) is 4. The van der Waals surface area contributed by atoms with Gasteiger partial charge in [-0.15, -0.1) is 0 Å². The molecule has 3 N–H and O–H groups in total. The molecule has 2 aromatic rings. The number of alkyl carbamates (subject to hydrolysis) is 1. The van der Waals surface area contributed by atoms with Gasteiger partial charge in [0.05, 0.1) is 0 Å². The van der Waals surface area contributed by atoms with Crippen molar-refractivity contribution in [2.45, 2.75) is 52.4 Å². The predicted octanol–water partition coefficient (Wildman–Crippen LogP) is 5.27. The lowest BCUT2D eigenvalue weighted by atomic mass is 9.87. The van der Waals surface area contributed by atoms with Gasteiger partial charge >= 0.3 is 6.09 Å². The van der Waals surface area contributed by atoms with Gasteiger partial charge in [-0.05, 0) is 47.4 Å². The van der Waals surface area contributed by atoms with Crippen LogP contribution in [0.15, 0.2) is 48.5 Å². The van der Waals surface area contributed by atoms with E-state index in [1.807, 2.05) is 45.0 Å². The van der Waals surface area contributed by atoms with Crippen molar-refractivity contribution in [3.63, 3.8) is 0 Å². The van der Waals surface area contributed by atoms with E-state index in [0.29, 0.717) is 31.7 Å². The highest BCUT2D eigenvalue weighted by Gasteiger charge is 2.29. The number of carbonyl (C=O) groups excluding carboxylic acids is 3. The number of nitrogens with one attached hydrogen (secondary N) is 1. The van der Waals surface area contributed by atoms with Crippen molar-refractivity contribution >= 4 is 44.8 Å². The summed E-state index contributed by atoms with van der Waals surface area (Å²) in [6, 6.07) is 16.4. The van der Waals surface area contributed by atoms with Gasteiger partial charge in [-0.25, -0.2) is 4.79 Å². The molecule has 6 nitrogen and oxygen atoms in total. The van der Waals surface area contributed by atoms with E-state index in [9.17, 15) is 14.4 Å². The third-order valence-electron chi connectivity index (χ3n) is 6.58. The second-order valence-corrected chi connectivity index (χ2v) is 9.69. The first-order valence-corrected chi connectivity index (χ1v) is 12.2. The molecule has 2 amide bonds. The van der Waals surface area contributed by atoms with Crippen LogP contribution in [0.2, 0.25) is 0 Å². The summed E-state index contributed by atoms with van der Waals surface area (Å²) >= 11 is 0. The summed E-state index contributed by atoms with van der Waals surface area (Å²) in [7, 11) is 0. The lowest BCUT2D eigenvalue weighted by molar-refractivity contribution is -0.129. The quantitative estimate of drug-likeness (QED) is 0.364. The molecule has 0 unspecified atom stereocenters. The number of rotatable bonds is 12. The van der Waals surface area contributed by atoms with Gasteiger partial charge in [0.15, 0.2) is 0 Å². The van der Waals surface area contributed by atoms with Gasteiger partial charge in [-0.3, -0.25) is 9.59 Å². The molecule has 0 aromatic heterocycles. The SMILES string of the molecule is CC(C)C[C@H](CC(=O)[C@@H](C)CCCNC(=O)OCC1c2ccccc2-c2ccccc21)C(N)=O.S.S. The minimum absolute atomic E-state index is 0. The number of nitrogens with two attached hydrogens (primary N) is 1. The van der Waals surface area contributed by atoms with Gasteiger partial charge in [-0.1, -0.05) is 69.3 Å². The van der Waals surface area contributed by atoms with Gasteiger partial charge < -0.3 is 15.8 Å². The molecule has 3 rings (SSSR count). The Hall–Kier alpha value is -2.45. The number of ketones is 1. The number of ether oxygens (including phenoxy) is 1. The van der Waals surface area contributed by atoms with Gasteiger partial charge in [-0.2, -0.15) is 27.0 Å². The average Bonchev–Trinajstić information content (AvgIpc) is 3.13. The lowest BCUT2D eigenvalue weighted by Crippen LogP contribution is -2.29. The molecule has 0 aliphatic heterocycles. The molecule has 0 heterocycles. The fraction of sp³-hybridized carbons (Fsp3) is 0.464. The lowest BCUT2D eigenvalue weighted by Gasteiger charge is -2.18. The molecule has 0 saturated carbocycles. The third-order valence-corrected chi connectivity index (χ3v) is 6.58. The maximum atomic E-state index is 12.5. The van der Waals surface area contributed by atoms with Crippen molar-refractivity contribution in [3.8, 4) is 11.1 Å². The third kappa shape index (κ3) is 8.30. The molecule has 0 bridgehead atoms. The highest BCUT2D eigenvalue weighted by Crippen LogP contribution is 2.44. The van der Waals surface area contributed by atoms with E-state index >= 15 is 0 Å². The van der Waals surface area contributed by atoms with E-state index in [-0.39, 0.29) is 57.6 Å². The molecule has 198 valence electrons. The maximum absolute atomic E-state index is 12.5.